The van der Waals surface area contributed by atoms with E-state index in [1.54, 1.807) is 0 Å². The third-order valence-corrected chi connectivity index (χ3v) is 6.85. The van der Waals surface area contributed by atoms with E-state index >= 15 is 0 Å². The second kappa shape index (κ2) is 4.83. The van der Waals surface area contributed by atoms with E-state index in [0.29, 0.717) is 18.3 Å². The molecule has 6 aliphatic rings. The minimum atomic E-state index is -0.756. The Morgan fingerprint density at radius 2 is 1.74 bits per heavy atom. The molecule has 0 aromatic rings. The predicted octanol–water partition coefficient (Wildman–Crippen LogP) is 2.85. The van der Waals surface area contributed by atoms with Crippen LogP contribution in [0, 0.1) is 23.7 Å². The largest absolute Gasteiger partial charge is 0.446 e. The van der Waals surface area contributed by atoms with Crippen LogP contribution in [0.25, 0.3) is 0 Å². The lowest BCUT2D eigenvalue weighted by molar-refractivity contribution is -0.390. The molecule has 6 rings (SSSR count). The molecule has 2 unspecified atom stereocenters. The van der Waals surface area contributed by atoms with Crippen LogP contribution in [0.5, 0.6) is 0 Å². The molecule has 5 saturated carbocycles. The fraction of sp³-hybridized carbons (Fsp3) is 0.941. The Morgan fingerprint density at radius 3 is 2.39 bits per heavy atom. The van der Waals surface area contributed by atoms with Crippen molar-refractivity contribution < 1.29 is 24.0 Å². The minimum absolute atomic E-state index is 0.239. The number of primary amides is 1. The number of nitrogens with two attached hydrogens (primary N) is 1. The van der Waals surface area contributed by atoms with Gasteiger partial charge in [0, 0.05) is 24.7 Å². The zero-order valence-corrected chi connectivity index (χ0v) is 13.4. The maximum absolute atomic E-state index is 11.1. The van der Waals surface area contributed by atoms with Gasteiger partial charge in [0.1, 0.15) is 6.10 Å². The highest BCUT2D eigenvalue weighted by Gasteiger charge is 2.67. The summed E-state index contributed by atoms with van der Waals surface area (Å²) in [5.41, 5.74) is 5.17. The first-order chi connectivity index (χ1) is 11.1. The van der Waals surface area contributed by atoms with E-state index in [0.717, 1.165) is 31.1 Å². The SMILES string of the molecule is NC(=O)OC1CCCC2(C1)OOC1(O2)C2CC3CC(C2)CC1C3. The first-order valence-corrected chi connectivity index (χ1v) is 9.10. The molecule has 2 atom stereocenters. The molecular formula is C17H25NO5. The highest BCUT2D eigenvalue weighted by Crippen LogP contribution is 2.63. The molecule has 0 aromatic carbocycles. The molecule has 6 heteroatoms. The van der Waals surface area contributed by atoms with Gasteiger partial charge in [0.2, 0.25) is 11.6 Å². The van der Waals surface area contributed by atoms with Crippen molar-refractivity contribution in [2.75, 3.05) is 0 Å². The van der Waals surface area contributed by atoms with Gasteiger partial charge in [-0.15, -0.1) is 0 Å². The Kier molecular flexibility index (Phi) is 3.05. The summed E-state index contributed by atoms with van der Waals surface area (Å²) in [4.78, 5) is 22.8. The number of ether oxygens (including phenoxy) is 2. The van der Waals surface area contributed by atoms with Gasteiger partial charge in [0.05, 0.1) is 0 Å². The minimum Gasteiger partial charge on any atom is -0.446 e. The predicted molar refractivity (Wildman–Crippen MR) is 78.7 cm³/mol. The van der Waals surface area contributed by atoms with Gasteiger partial charge in [-0.05, 0) is 56.8 Å². The van der Waals surface area contributed by atoms with E-state index in [1.807, 2.05) is 0 Å². The van der Waals surface area contributed by atoms with Crippen LogP contribution in [-0.2, 0) is 19.2 Å². The van der Waals surface area contributed by atoms with Gasteiger partial charge in [-0.1, -0.05) is 0 Å². The zero-order chi connectivity index (χ0) is 15.7. The van der Waals surface area contributed by atoms with Crippen LogP contribution >= 0.6 is 0 Å². The first kappa shape index (κ1) is 14.5. The number of hydrogen-bond donors (Lipinski definition) is 1. The summed E-state index contributed by atoms with van der Waals surface area (Å²) in [5, 5.41) is 0. The maximum Gasteiger partial charge on any atom is 0.404 e. The molecule has 6 nitrogen and oxygen atoms in total. The Balaban J connectivity index is 1.37. The third kappa shape index (κ3) is 2.14. The first-order valence-electron chi connectivity index (χ1n) is 9.10. The smallest absolute Gasteiger partial charge is 0.404 e. The van der Waals surface area contributed by atoms with E-state index in [9.17, 15) is 4.79 Å². The second-order valence-corrected chi connectivity index (χ2v) is 8.36. The van der Waals surface area contributed by atoms with Crippen molar-refractivity contribution in [2.45, 2.75) is 75.5 Å². The number of amides is 1. The molecule has 128 valence electrons. The summed E-state index contributed by atoms with van der Waals surface area (Å²) >= 11 is 0. The normalized spacial score (nSPS) is 54.0. The molecule has 5 aliphatic carbocycles. The van der Waals surface area contributed by atoms with Crippen LogP contribution in [0.2, 0.25) is 0 Å². The van der Waals surface area contributed by atoms with Crippen molar-refractivity contribution in [3.8, 4) is 0 Å². The Morgan fingerprint density at radius 1 is 1.04 bits per heavy atom. The molecule has 2 spiro atoms. The number of carbonyl (C=O) groups is 1. The van der Waals surface area contributed by atoms with E-state index in [-0.39, 0.29) is 6.10 Å². The number of carbonyl (C=O) groups excluding carboxylic acids is 1. The molecule has 1 saturated heterocycles. The van der Waals surface area contributed by atoms with Crippen LogP contribution in [0.3, 0.4) is 0 Å². The maximum atomic E-state index is 11.1. The molecule has 23 heavy (non-hydrogen) atoms. The summed E-state index contributed by atoms with van der Waals surface area (Å²) in [6.45, 7) is 0. The molecular weight excluding hydrogens is 298 g/mol. The van der Waals surface area contributed by atoms with Crippen molar-refractivity contribution in [3.63, 3.8) is 0 Å². The standard InChI is InChI=1S/C17H25NO5/c18-15(19)20-14-2-1-3-16(9-14)21-17(23-22-16)12-5-10-4-11(7-12)8-13(17)6-10/h10-14H,1-9H2,(H2,18,19). The topological polar surface area (TPSA) is 80.0 Å². The average Bonchev–Trinajstić information content (AvgIpc) is 2.84. The average molecular weight is 323 g/mol. The molecule has 6 fully saturated rings. The van der Waals surface area contributed by atoms with E-state index < -0.39 is 17.7 Å². The van der Waals surface area contributed by atoms with Crippen LogP contribution < -0.4 is 5.73 Å². The Hall–Kier alpha value is -0.850. The van der Waals surface area contributed by atoms with Crippen LogP contribution in [0.15, 0.2) is 0 Å². The lowest BCUT2D eigenvalue weighted by Gasteiger charge is -2.57. The summed E-state index contributed by atoms with van der Waals surface area (Å²) in [5.74, 6) is 1.30. The van der Waals surface area contributed by atoms with Crippen molar-refractivity contribution in [2.24, 2.45) is 29.4 Å². The monoisotopic (exact) mass is 323 g/mol. The quantitative estimate of drug-likeness (QED) is 0.751. The number of rotatable bonds is 1. The lowest BCUT2D eigenvalue weighted by atomic mass is 9.53. The molecule has 0 radical (unpaired) electrons. The fourth-order valence-corrected chi connectivity index (χ4v) is 6.19. The third-order valence-electron chi connectivity index (χ3n) is 6.85. The molecule has 0 aromatic heterocycles. The van der Waals surface area contributed by atoms with Gasteiger partial charge < -0.3 is 15.2 Å². The van der Waals surface area contributed by atoms with E-state index in [1.165, 1.54) is 32.1 Å². The number of hydrogen-bond acceptors (Lipinski definition) is 5. The van der Waals surface area contributed by atoms with Gasteiger partial charge in [-0.3, -0.25) is 0 Å². The Labute approximate surface area is 135 Å². The second-order valence-electron chi connectivity index (χ2n) is 8.36. The van der Waals surface area contributed by atoms with Gasteiger partial charge in [0.25, 0.3) is 0 Å². The van der Waals surface area contributed by atoms with Crippen molar-refractivity contribution in [1.29, 1.82) is 0 Å². The van der Waals surface area contributed by atoms with Crippen LogP contribution in [0.1, 0.15) is 57.8 Å². The van der Waals surface area contributed by atoms with Gasteiger partial charge >= 0.3 is 6.09 Å². The fourth-order valence-electron chi connectivity index (χ4n) is 6.19. The summed E-state index contributed by atoms with van der Waals surface area (Å²) in [6, 6.07) is 0. The van der Waals surface area contributed by atoms with Crippen molar-refractivity contribution in [3.05, 3.63) is 0 Å². The molecule has 2 N–H and O–H groups in total. The van der Waals surface area contributed by atoms with Crippen LogP contribution in [-0.4, -0.2) is 23.8 Å². The lowest BCUT2D eigenvalue weighted by Crippen LogP contribution is -2.59. The van der Waals surface area contributed by atoms with Gasteiger partial charge in [-0.2, -0.15) is 9.78 Å². The summed E-state index contributed by atoms with van der Waals surface area (Å²) in [7, 11) is 0. The van der Waals surface area contributed by atoms with Gasteiger partial charge in [-0.25, -0.2) is 4.79 Å². The Bertz CT molecular complexity index is 495. The van der Waals surface area contributed by atoms with Gasteiger partial charge in [0.15, 0.2) is 0 Å². The van der Waals surface area contributed by atoms with E-state index in [4.69, 9.17) is 25.0 Å². The molecule has 4 bridgehead atoms. The molecule has 1 amide bonds. The summed E-state index contributed by atoms with van der Waals surface area (Å²) in [6.07, 6.45) is 8.24. The van der Waals surface area contributed by atoms with E-state index in [2.05, 4.69) is 0 Å². The molecule has 1 heterocycles. The zero-order valence-electron chi connectivity index (χ0n) is 13.4. The van der Waals surface area contributed by atoms with Crippen molar-refractivity contribution in [1.82, 2.24) is 0 Å². The highest BCUT2D eigenvalue weighted by atomic mass is 17.3. The highest BCUT2D eigenvalue weighted by molar-refractivity contribution is 5.64. The van der Waals surface area contributed by atoms with Crippen molar-refractivity contribution >= 4 is 6.09 Å². The van der Waals surface area contributed by atoms with Crippen LogP contribution in [0.4, 0.5) is 4.79 Å². The summed E-state index contributed by atoms with van der Waals surface area (Å²) < 4.78 is 11.8. The molecule has 1 aliphatic heterocycles.